The maximum atomic E-state index is 13.5. The first-order valence-electron chi connectivity index (χ1n) is 9.41. The van der Waals surface area contributed by atoms with Gasteiger partial charge in [-0.15, -0.1) is 12.4 Å². The van der Waals surface area contributed by atoms with Crippen molar-refractivity contribution >= 4 is 18.3 Å². The highest BCUT2D eigenvalue weighted by Crippen LogP contribution is 2.36. The minimum atomic E-state index is -0.682. The molecule has 144 valence electrons. The lowest BCUT2D eigenvalue weighted by molar-refractivity contribution is -0.159. The molecule has 2 aromatic carbocycles. The highest BCUT2D eigenvalue weighted by Gasteiger charge is 2.44. The number of carbonyl (C=O) groups is 1. The Hall–Kier alpha value is -1.88. The van der Waals surface area contributed by atoms with Gasteiger partial charge in [-0.2, -0.15) is 0 Å². The van der Waals surface area contributed by atoms with Gasteiger partial charge < -0.3 is 15.0 Å². The molecule has 0 bridgehead atoms. The number of fused-ring (bicyclic) bond motifs is 1. The van der Waals surface area contributed by atoms with Gasteiger partial charge in [-0.3, -0.25) is 4.79 Å². The molecule has 0 saturated carbocycles. The molecule has 2 aliphatic rings. The van der Waals surface area contributed by atoms with Crippen LogP contribution < -0.4 is 5.32 Å². The lowest BCUT2D eigenvalue weighted by atomic mass is 9.83. The van der Waals surface area contributed by atoms with Crippen LogP contribution in [0.2, 0.25) is 0 Å². The van der Waals surface area contributed by atoms with Gasteiger partial charge in [0.05, 0.1) is 0 Å². The molecule has 1 saturated heterocycles. The molecule has 1 N–H and O–H groups in total. The summed E-state index contributed by atoms with van der Waals surface area (Å²) in [5, 5.41) is 3.33. The number of methoxy groups -OCH3 is 1. The second-order valence-corrected chi connectivity index (χ2v) is 7.30. The van der Waals surface area contributed by atoms with E-state index in [1.807, 2.05) is 11.0 Å². The molecule has 1 amide bonds. The standard InChI is InChI=1S/C22H26N2O2.ClH/c1-26-22(11-13-23-14-12-22)21(25)24-15-18-9-5-6-10-19(18)20(16-24)17-7-3-2-4-8-17;/h2-10,20,23H,11-16H2,1H3;1H. The van der Waals surface area contributed by atoms with Gasteiger partial charge in [0.25, 0.3) is 5.91 Å². The number of rotatable bonds is 3. The summed E-state index contributed by atoms with van der Waals surface area (Å²) < 4.78 is 5.79. The van der Waals surface area contributed by atoms with Crippen LogP contribution in [0.4, 0.5) is 0 Å². The van der Waals surface area contributed by atoms with Crippen molar-refractivity contribution in [3.05, 3.63) is 71.3 Å². The van der Waals surface area contributed by atoms with Gasteiger partial charge in [0.15, 0.2) is 0 Å². The normalized spacial score (nSPS) is 21.1. The van der Waals surface area contributed by atoms with Crippen LogP contribution in [0.15, 0.2) is 54.6 Å². The number of nitrogens with one attached hydrogen (secondary N) is 1. The molecule has 1 unspecified atom stereocenters. The van der Waals surface area contributed by atoms with Gasteiger partial charge in [-0.05, 0) is 42.6 Å². The number of ether oxygens (including phenoxy) is 1. The second-order valence-electron chi connectivity index (χ2n) is 7.30. The van der Waals surface area contributed by atoms with Crippen LogP contribution in [0.5, 0.6) is 0 Å². The largest absolute Gasteiger partial charge is 0.368 e. The third kappa shape index (κ3) is 3.75. The van der Waals surface area contributed by atoms with Crippen molar-refractivity contribution in [1.29, 1.82) is 0 Å². The van der Waals surface area contributed by atoms with Gasteiger partial charge in [0.2, 0.25) is 0 Å². The van der Waals surface area contributed by atoms with E-state index in [4.69, 9.17) is 4.74 Å². The zero-order valence-electron chi connectivity index (χ0n) is 15.7. The van der Waals surface area contributed by atoms with Crippen LogP contribution in [0, 0.1) is 0 Å². The van der Waals surface area contributed by atoms with Crippen molar-refractivity contribution < 1.29 is 9.53 Å². The molecule has 1 atom stereocenters. The van der Waals surface area contributed by atoms with E-state index < -0.39 is 5.60 Å². The first-order chi connectivity index (χ1) is 12.7. The summed E-state index contributed by atoms with van der Waals surface area (Å²) in [6.07, 6.45) is 1.47. The predicted octanol–water partition coefficient (Wildman–Crippen LogP) is 3.35. The Balaban J connectivity index is 0.00000210. The fourth-order valence-electron chi connectivity index (χ4n) is 4.36. The van der Waals surface area contributed by atoms with E-state index in [2.05, 4.69) is 53.8 Å². The molecule has 0 spiro atoms. The molecule has 4 rings (SSSR count). The van der Waals surface area contributed by atoms with E-state index in [-0.39, 0.29) is 24.2 Å². The monoisotopic (exact) mass is 386 g/mol. The second kappa shape index (κ2) is 8.42. The van der Waals surface area contributed by atoms with E-state index in [0.29, 0.717) is 13.1 Å². The molecule has 2 aromatic rings. The van der Waals surface area contributed by atoms with E-state index in [1.54, 1.807) is 7.11 Å². The van der Waals surface area contributed by atoms with Crippen molar-refractivity contribution in [2.24, 2.45) is 0 Å². The Kier molecular flexibility index (Phi) is 6.20. The summed E-state index contributed by atoms with van der Waals surface area (Å²) in [5.74, 6) is 0.345. The molecule has 27 heavy (non-hydrogen) atoms. The van der Waals surface area contributed by atoms with Gasteiger partial charge in [0.1, 0.15) is 5.60 Å². The molecular weight excluding hydrogens is 360 g/mol. The van der Waals surface area contributed by atoms with Crippen LogP contribution in [-0.2, 0) is 16.1 Å². The summed E-state index contributed by atoms with van der Waals surface area (Å²) in [6, 6.07) is 19.0. The molecule has 4 nitrogen and oxygen atoms in total. The first-order valence-corrected chi connectivity index (χ1v) is 9.41. The van der Waals surface area contributed by atoms with Gasteiger partial charge >= 0.3 is 0 Å². The molecule has 5 heteroatoms. The highest BCUT2D eigenvalue weighted by atomic mass is 35.5. The molecule has 2 aliphatic heterocycles. The maximum absolute atomic E-state index is 13.5. The van der Waals surface area contributed by atoms with Gasteiger partial charge in [0, 0.05) is 26.1 Å². The molecule has 2 heterocycles. The van der Waals surface area contributed by atoms with Gasteiger partial charge in [-0.25, -0.2) is 0 Å². The molecule has 0 aliphatic carbocycles. The van der Waals surface area contributed by atoms with Crippen molar-refractivity contribution in [3.63, 3.8) is 0 Å². The lowest BCUT2D eigenvalue weighted by Gasteiger charge is -2.42. The zero-order chi connectivity index (χ0) is 18.0. The quantitative estimate of drug-likeness (QED) is 0.879. The SMILES string of the molecule is COC1(C(=O)N2Cc3ccccc3C(c3ccccc3)C2)CCNCC1.Cl. The predicted molar refractivity (Wildman–Crippen MR) is 109 cm³/mol. The first kappa shape index (κ1) is 19.9. The third-order valence-electron chi connectivity index (χ3n) is 5.88. The van der Waals surface area contributed by atoms with Crippen molar-refractivity contribution in [1.82, 2.24) is 10.2 Å². The summed E-state index contributed by atoms with van der Waals surface area (Å²) in [4.78, 5) is 15.5. The van der Waals surface area contributed by atoms with Crippen LogP contribution in [0.25, 0.3) is 0 Å². The van der Waals surface area contributed by atoms with E-state index in [1.165, 1.54) is 16.7 Å². The number of halogens is 1. The Bertz CT molecular complexity index is 775. The number of carbonyl (C=O) groups excluding carboxylic acids is 1. The number of piperidine rings is 1. The van der Waals surface area contributed by atoms with Crippen LogP contribution >= 0.6 is 12.4 Å². The maximum Gasteiger partial charge on any atom is 0.255 e. The average Bonchev–Trinajstić information content (AvgIpc) is 2.73. The Morgan fingerprint density at radius 3 is 2.44 bits per heavy atom. The Morgan fingerprint density at radius 2 is 1.74 bits per heavy atom. The third-order valence-corrected chi connectivity index (χ3v) is 5.88. The molecule has 0 aromatic heterocycles. The van der Waals surface area contributed by atoms with Crippen molar-refractivity contribution in [3.8, 4) is 0 Å². The Morgan fingerprint density at radius 1 is 1.07 bits per heavy atom. The summed E-state index contributed by atoms with van der Waals surface area (Å²) >= 11 is 0. The molecule has 0 radical (unpaired) electrons. The molecule has 1 fully saturated rings. The fourth-order valence-corrected chi connectivity index (χ4v) is 4.36. The van der Waals surface area contributed by atoms with E-state index in [0.717, 1.165) is 25.9 Å². The highest BCUT2D eigenvalue weighted by molar-refractivity contribution is 5.86. The number of amides is 1. The van der Waals surface area contributed by atoms with Crippen LogP contribution in [-0.4, -0.2) is 43.2 Å². The van der Waals surface area contributed by atoms with E-state index in [9.17, 15) is 4.79 Å². The minimum Gasteiger partial charge on any atom is -0.368 e. The Labute approximate surface area is 167 Å². The van der Waals surface area contributed by atoms with Gasteiger partial charge in [-0.1, -0.05) is 54.6 Å². The van der Waals surface area contributed by atoms with E-state index >= 15 is 0 Å². The average molecular weight is 387 g/mol. The van der Waals surface area contributed by atoms with Crippen molar-refractivity contribution in [2.75, 3.05) is 26.7 Å². The topological polar surface area (TPSA) is 41.6 Å². The van der Waals surface area contributed by atoms with Crippen LogP contribution in [0.3, 0.4) is 0 Å². The number of benzene rings is 2. The van der Waals surface area contributed by atoms with Crippen molar-refractivity contribution in [2.45, 2.75) is 30.9 Å². The smallest absolute Gasteiger partial charge is 0.255 e. The zero-order valence-corrected chi connectivity index (χ0v) is 16.5. The molecular formula is C22H27ClN2O2. The summed E-state index contributed by atoms with van der Waals surface area (Å²) in [7, 11) is 1.68. The lowest BCUT2D eigenvalue weighted by Crippen LogP contribution is -2.56. The fraction of sp³-hybridized carbons (Fsp3) is 0.409. The number of hydrogen-bond donors (Lipinski definition) is 1. The summed E-state index contributed by atoms with van der Waals surface area (Å²) in [5.41, 5.74) is 3.15. The minimum absolute atomic E-state index is 0. The van der Waals surface area contributed by atoms with Crippen LogP contribution in [0.1, 0.15) is 35.4 Å². The number of hydrogen-bond acceptors (Lipinski definition) is 3. The number of nitrogens with zero attached hydrogens (tertiary/aromatic N) is 1. The summed E-state index contributed by atoms with van der Waals surface area (Å²) in [6.45, 7) is 3.02.